The van der Waals surface area contributed by atoms with Gasteiger partial charge in [0.2, 0.25) is 0 Å². The van der Waals surface area contributed by atoms with E-state index in [4.69, 9.17) is 0 Å². The summed E-state index contributed by atoms with van der Waals surface area (Å²) in [6.45, 7) is 15.4. The summed E-state index contributed by atoms with van der Waals surface area (Å²) in [5, 5.41) is 12.4. The molecule has 2 aromatic heterocycles. The summed E-state index contributed by atoms with van der Waals surface area (Å²) in [7, 11) is 0. The molecule has 0 spiro atoms. The molecule has 11 aromatic carbocycles. The highest BCUT2D eigenvalue weighted by molar-refractivity contribution is 7.00. The molecule has 5 nitrogen and oxygen atoms in total. The molecule has 0 bridgehead atoms. The van der Waals surface area contributed by atoms with Gasteiger partial charge in [-0.3, -0.25) is 0 Å². The first-order chi connectivity index (χ1) is 37.3. The fourth-order valence-corrected chi connectivity index (χ4v) is 13.6. The second kappa shape index (κ2) is 16.8. The van der Waals surface area contributed by atoms with E-state index in [0.29, 0.717) is 0 Å². The Morgan fingerprint density at radius 3 is 1.37 bits per heavy atom. The van der Waals surface area contributed by atoms with Gasteiger partial charge in [0.1, 0.15) is 0 Å². The second-order valence-electron chi connectivity index (χ2n) is 21.2. The van der Waals surface area contributed by atoms with E-state index in [0.717, 1.165) is 18.8 Å². The molecule has 13 aromatic rings. The van der Waals surface area contributed by atoms with Crippen LogP contribution in [0.4, 0.5) is 39.8 Å². The lowest BCUT2D eigenvalue weighted by molar-refractivity contribution is 0.864. The predicted octanol–water partition coefficient (Wildman–Crippen LogP) is 16.3. The Morgan fingerprint density at radius 1 is 0.368 bits per heavy atom. The molecule has 0 saturated heterocycles. The summed E-state index contributed by atoms with van der Waals surface area (Å²) in [5.74, 6) is 0. The standard InChI is InChI=1S/C70H56BN5/c1-7-72(8-2)50-41-66-68-67(42-50)74-38-36-57-64(76(61-30-25-43(3)51-20-13-15-23-54(51)61)62-31-26-44(4)52-21-14-16-24-55(52)62)34-29-59(70(57)74)71(68)58-28-33-63(56-35-37-73(66)69(56)58)75(60-32-27-47-17-11-12-22-53(47)46(60)6)65-40-49-19-10-9-18-48(49)39-45(65)5/h9-42H,7-8H2,1-6H3. The van der Waals surface area contributed by atoms with Gasteiger partial charge in [-0.1, -0.05) is 127 Å². The smallest absolute Gasteiger partial charge is 0.252 e. The third-order valence-electron chi connectivity index (χ3n) is 17.3. The lowest BCUT2D eigenvalue weighted by atomic mass is 9.34. The van der Waals surface area contributed by atoms with E-state index in [2.05, 4.69) is 272 Å². The van der Waals surface area contributed by atoms with Crippen LogP contribution in [0.2, 0.25) is 0 Å². The number of anilines is 7. The maximum atomic E-state index is 2.55. The molecule has 4 heterocycles. The zero-order valence-corrected chi connectivity index (χ0v) is 43.9. The van der Waals surface area contributed by atoms with Gasteiger partial charge in [0.05, 0.1) is 33.8 Å². The zero-order valence-electron chi connectivity index (χ0n) is 43.9. The molecule has 0 unspecified atom stereocenters. The van der Waals surface area contributed by atoms with Crippen molar-refractivity contribution in [2.45, 2.75) is 41.5 Å². The van der Waals surface area contributed by atoms with E-state index in [-0.39, 0.29) is 6.71 Å². The van der Waals surface area contributed by atoms with Crippen molar-refractivity contribution < 1.29 is 0 Å². The van der Waals surface area contributed by atoms with Crippen LogP contribution in [0.15, 0.2) is 207 Å². The van der Waals surface area contributed by atoms with Gasteiger partial charge in [0, 0.05) is 75.5 Å². The maximum absolute atomic E-state index is 2.55. The fourth-order valence-electron chi connectivity index (χ4n) is 13.6. The maximum Gasteiger partial charge on any atom is 0.252 e. The summed E-state index contributed by atoms with van der Waals surface area (Å²) in [5.41, 5.74) is 22.3. The van der Waals surface area contributed by atoms with Crippen LogP contribution in [-0.2, 0) is 0 Å². The van der Waals surface area contributed by atoms with Crippen LogP contribution in [0.3, 0.4) is 0 Å². The van der Waals surface area contributed by atoms with Gasteiger partial charge >= 0.3 is 0 Å². The van der Waals surface area contributed by atoms with Crippen molar-refractivity contribution in [1.82, 2.24) is 9.13 Å². The molecule has 76 heavy (non-hydrogen) atoms. The summed E-state index contributed by atoms with van der Waals surface area (Å²) in [6.07, 6.45) is 4.68. The Hall–Kier alpha value is -9.00. The van der Waals surface area contributed by atoms with Crippen LogP contribution in [0.1, 0.15) is 36.1 Å². The highest BCUT2D eigenvalue weighted by Crippen LogP contribution is 2.49. The van der Waals surface area contributed by atoms with Gasteiger partial charge < -0.3 is 23.8 Å². The van der Waals surface area contributed by atoms with Gasteiger partial charge in [0.25, 0.3) is 6.71 Å². The lowest BCUT2D eigenvalue weighted by Crippen LogP contribution is -2.59. The molecule has 2 aliphatic rings. The van der Waals surface area contributed by atoms with Crippen molar-refractivity contribution in [2.75, 3.05) is 27.8 Å². The Balaban J connectivity index is 1.00. The summed E-state index contributed by atoms with van der Waals surface area (Å²) in [4.78, 5) is 7.61. The Kier molecular flexibility index (Phi) is 9.81. The highest BCUT2D eigenvalue weighted by Gasteiger charge is 2.41. The summed E-state index contributed by atoms with van der Waals surface area (Å²) >= 11 is 0. The van der Waals surface area contributed by atoms with Gasteiger partial charge in [-0.05, 0) is 179 Å². The van der Waals surface area contributed by atoms with E-state index in [1.54, 1.807) is 0 Å². The molecule has 364 valence electrons. The van der Waals surface area contributed by atoms with Crippen molar-refractivity contribution in [3.05, 3.63) is 229 Å². The molecule has 0 atom stereocenters. The van der Waals surface area contributed by atoms with E-state index >= 15 is 0 Å². The number of hydrogen-bond donors (Lipinski definition) is 0. The molecule has 0 N–H and O–H groups in total. The van der Waals surface area contributed by atoms with E-state index < -0.39 is 0 Å². The molecule has 0 aliphatic carbocycles. The summed E-state index contributed by atoms with van der Waals surface area (Å²) < 4.78 is 5.03. The molecule has 0 radical (unpaired) electrons. The topological polar surface area (TPSA) is 19.6 Å². The molecule has 0 fully saturated rings. The molecule has 0 amide bonds. The number of benzene rings is 11. The normalized spacial score (nSPS) is 12.4. The average Bonchev–Trinajstić information content (AvgIpc) is 4.25. The van der Waals surface area contributed by atoms with Crippen LogP contribution < -0.4 is 31.1 Å². The minimum absolute atomic E-state index is 0.0132. The van der Waals surface area contributed by atoms with Crippen LogP contribution in [0.5, 0.6) is 0 Å². The number of nitrogens with zero attached hydrogens (tertiary/aromatic N) is 5. The van der Waals surface area contributed by atoms with Crippen molar-refractivity contribution >= 4 is 128 Å². The largest absolute Gasteiger partial charge is 0.372 e. The van der Waals surface area contributed by atoms with Crippen LogP contribution in [-0.4, -0.2) is 28.9 Å². The number of hydrogen-bond acceptors (Lipinski definition) is 3. The Labute approximate surface area is 444 Å². The SMILES string of the molecule is CCN(CC)c1cc2c3c(c1)-n1ccc4c(N(c5ccc(C)c6ccccc56)c5ccc(C)c6ccccc56)ccc(c41)B3c1ccc(N(c3cc4ccccc4cc3C)c3ccc4ccccc4c3C)c3ccn-2c13. The fraction of sp³-hybridized carbons (Fsp3) is 0.114. The van der Waals surface area contributed by atoms with Gasteiger partial charge in [-0.15, -0.1) is 0 Å². The zero-order chi connectivity index (χ0) is 51.1. The number of aromatic nitrogens is 2. The first kappa shape index (κ1) is 44.5. The highest BCUT2D eigenvalue weighted by atomic mass is 15.2. The average molecular weight is 978 g/mol. The third kappa shape index (κ3) is 6.28. The third-order valence-corrected chi connectivity index (χ3v) is 17.3. The molecular weight excluding hydrogens is 922 g/mol. The summed E-state index contributed by atoms with van der Waals surface area (Å²) in [6, 6.07) is 73.5. The second-order valence-corrected chi connectivity index (χ2v) is 21.2. The minimum atomic E-state index is -0.0132. The van der Waals surface area contributed by atoms with Crippen molar-refractivity contribution in [1.29, 1.82) is 0 Å². The predicted molar refractivity (Wildman–Crippen MR) is 327 cm³/mol. The van der Waals surface area contributed by atoms with Gasteiger partial charge in [-0.25, -0.2) is 0 Å². The van der Waals surface area contributed by atoms with Crippen LogP contribution in [0, 0.1) is 27.7 Å². The first-order valence-electron chi connectivity index (χ1n) is 27.1. The van der Waals surface area contributed by atoms with E-state index in [9.17, 15) is 0 Å². The Morgan fingerprint density at radius 2 is 0.816 bits per heavy atom. The number of aryl methyl sites for hydroxylation is 4. The van der Waals surface area contributed by atoms with Gasteiger partial charge in [0.15, 0.2) is 0 Å². The van der Waals surface area contributed by atoms with Crippen LogP contribution in [0.25, 0.3) is 76.3 Å². The van der Waals surface area contributed by atoms with Crippen molar-refractivity contribution in [2.24, 2.45) is 0 Å². The molecule has 6 heteroatoms. The molecule has 15 rings (SSSR count). The molecule has 0 saturated carbocycles. The van der Waals surface area contributed by atoms with Gasteiger partial charge in [-0.2, -0.15) is 0 Å². The minimum Gasteiger partial charge on any atom is -0.372 e. The van der Waals surface area contributed by atoms with Crippen LogP contribution >= 0.6 is 0 Å². The quantitative estimate of drug-likeness (QED) is 0.134. The number of rotatable bonds is 9. The number of fused-ring (bicyclic) bond motifs is 8. The molecular formula is C70H56BN5. The monoisotopic (exact) mass is 977 g/mol. The first-order valence-corrected chi connectivity index (χ1v) is 27.1. The molecule has 2 aliphatic heterocycles. The van der Waals surface area contributed by atoms with E-state index in [1.165, 1.54) is 149 Å². The van der Waals surface area contributed by atoms with E-state index in [1.807, 2.05) is 0 Å². The Bertz CT molecular complexity index is 4500. The van der Waals surface area contributed by atoms with Crippen molar-refractivity contribution in [3.63, 3.8) is 0 Å². The lowest BCUT2D eigenvalue weighted by Gasteiger charge is -2.36. The van der Waals surface area contributed by atoms with Crippen molar-refractivity contribution in [3.8, 4) is 11.4 Å².